The lowest BCUT2D eigenvalue weighted by Crippen LogP contribution is -2.10. The van der Waals surface area contributed by atoms with Crippen molar-refractivity contribution in [2.24, 2.45) is 0 Å². The van der Waals surface area contributed by atoms with E-state index in [1.54, 1.807) is 0 Å². The number of nitrogens with zero attached hydrogens (tertiary/aromatic N) is 1. The number of aryl methyl sites for hydroxylation is 1. The summed E-state index contributed by atoms with van der Waals surface area (Å²) in [5.74, 6) is 0. The summed E-state index contributed by atoms with van der Waals surface area (Å²) in [5.41, 5.74) is 2.58. The Bertz CT molecular complexity index is 270. The molecule has 0 aliphatic heterocycles. The fourth-order valence-corrected chi connectivity index (χ4v) is 1.08. The molecule has 0 bridgehead atoms. The molecule has 0 unspecified atom stereocenters. The zero-order chi connectivity index (χ0) is 9.68. The zero-order valence-corrected chi connectivity index (χ0v) is 8.62. The third-order valence-electron chi connectivity index (χ3n) is 1.86. The van der Waals surface area contributed by atoms with Gasteiger partial charge in [-0.15, -0.1) is 0 Å². The SMILES string of the molecule is Cc1ccc(C=CCN(C)C)cc1. The van der Waals surface area contributed by atoms with E-state index in [-0.39, 0.29) is 0 Å². The summed E-state index contributed by atoms with van der Waals surface area (Å²) < 4.78 is 0. The van der Waals surface area contributed by atoms with Crippen LogP contribution in [0.4, 0.5) is 0 Å². The predicted octanol–water partition coefficient (Wildman–Crippen LogP) is 2.57. The average Bonchev–Trinajstić information content (AvgIpc) is 2.08. The van der Waals surface area contributed by atoms with Gasteiger partial charge in [0, 0.05) is 6.54 Å². The van der Waals surface area contributed by atoms with Crippen LogP contribution in [0.2, 0.25) is 0 Å². The number of hydrogen-bond acceptors (Lipinski definition) is 1. The van der Waals surface area contributed by atoms with E-state index >= 15 is 0 Å². The van der Waals surface area contributed by atoms with Crippen LogP contribution in [0.25, 0.3) is 6.08 Å². The first-order valence-corrected chi connectivity index (χ1v) is 4.56. The Kier molecular flexibility index (Phi) is 3.71. The first-order chi connectivity index (χ1) is 6.18. The van der Waals surface area contributed by atoms with E-state index in [4.69, 9.17) is 0 Å². The molecule has 0 saturated carbocycles. The molecule has 70 valence electrons. The van der Waals surface area contributed by atoms with Crippen molar-refractivity contribution in [3.8, 4) is 0 Å². The Labute approximate surface area is 80.7 Å². The van der Waals surface area contributed by atoms with Gasteiger partial charge in [0.1, 0.15) is 0 Å². The van der Waals surface area contributed by atoms with Crippen molar-refractivity contribution < 1.29 is 0 Å². The molecule has 0 radical (unpaired) electrons. The van der Waals surface area contributed by atoms with Gasteiger partial charge >= 0.3 is 0 Å². The molecule has 1 aromatic rings. The molecule has 0 N–H and O–H groups in total. The van der Waals surface area contributed by atoms with Gasteiger partial charge in [-0.25, -0.2) is 0 Å². The molecule has 0 spiro atoms. The van der Waals surface area contributed by atoms with E-state index in [9.17, 15) is 0 Å². The van der Waals surface area contributed by atoms with Crippen LogP contribution >= 0.6 is 0 Å². The lowest BCUT2D eigenvalue weighted by molar-refractivity contribution is 0.457. The van der Waals surface area contributed by atoms with Gasteiger partial charge in [0.25, 0.3) is 0 Å². The van der Waals surface area contributed by atoms with Crippen molar-refractivity contribution in [3.63, 3.8) is 0 Å². The van der Waals surface area contributed by atoms with Crippen molar-refractivity contribution in [1.29, 1.82) is 0 Å². The Morgan fingerprint density at radius 2 is 1.77 bits per heavy atom. The smallest absolute Gasteiger partial charge is 0.0160 e. The van der Waals surface area contributed by atoms with Crippen molar-refractivity contribution in [1.82, 2.24) is 4.90 Å². The minimum absolute atomic E-state index is 0.994. The monoisotopic (exact) mass is 175 g/mol. The van der Waals surface area contributed by atoms with Crippen molar-refractivity contribution in [3.05, 3.63) is 41.5 Å². The van der Waals surface area contributed by atoms with Gasteiger partial charge in [-0.05, 0) is 26.6 Å². The van der Waals surface area contributed by atoms with Crippen LogP contribution in [0, 0.1) is 6.92 Å². The van der Waals surface area contributed by atoms with E-state index in [1.165, 1.54) is 11.1 Å². The maximum absolute atomic E-state index is 2.17. The molecule has 0 fully saturated rings. The molecule has 1 heteroatoms. The molecular formula is C12H17N. The molecule has 0 saturated heterocycles. The summed E-state index contributed by atoms with van der Waals surface area (Å²) in [6, 6.07) is 8.55. The first kappa shape index (κ1) is 10.0. The Morgan fingerprint density at radius 3 is 2.31 bits per heavy atom. The zero-order valence-electron chi connectivity index (χ0n) is 8.62. The van der Waals surface area contributed by atoms with Crippen molar-refractivity contribution in [2.45, 2.75) is 6.92 Å². The summed E-state index contributed by atoms with van der Waals surface area (Å²) in [6.07, 6.45) is 4.32. The largest absolute Gasteiger partial charge is 0.306 e. The fraction of sp³-hybridized carbons (Fsp3) is 0.333. The van der Waals surface area contributed by atoms with Gasteiger partial charge in [0.2, 0.25) is 0 Å². The Balaban J connectivity index is 2.54. The van der Waals surface area contributed by atoms with Gasteiger partial charge in [-0.2, -0.15) is 0 Å². The van der Waals surface area contributed by atoms with Crippen LogP contribution in [0.15, 0.2) is 30.3 Å². The molecule has 0 aliphatic carbocycles. The topological polar surface area (TPSA) is 3.24 Å². The van der Waals surface area contributed by atoms with Gasteiger partial charge in [0.05, 0.1) is 0 Å². The maximum Gasteiger partial charge on any atom is 0.0160 e. The molecule has 0 heterocycles. The van der Waals surface area contributed by atoms with Crippen LogP contribution in [-0.4, -0.2) is 25.5 Å². The lowest BCUT2D eigenvalue weighted by Gasteiger charge is -2.03. The van der Waals surface area contributed by atoms with Crippen molar-refractivity contribution >= 4 is 6.08 Å². The molecule has 0 amide bonds. The Morgan fingerprint density at radius 1 is 1.15 bits per heavy atom. The highest BCUT2D eigenvalue weighted by Gasteiger charge is 1.86. The summed E-state index contributed by atoms with van der Waals surface area (Å²) in [4.78, 5) is 2.14. The first-order valence-electron chi connectivity index (χ1n) is 4.56. The maximum atomic E-state index is 2.17. The molecule has 1 nitrogen and oxygen atoms in total. The summed E-state index contributed by atoms with van der Waals surface area (Å²) in [6.45, 7) is 3.10. The minimum Gasteiger partial charge on any atom is -0.306 e. The summed E-state index contributed by atoms with van der Waals surface area (Å²) >= 11 is 0. The average molecular weight is 175 g/mol. The molecular weight excluding hydrogens is 158 g/mol. The van der Waals surface area contributed by atoms with Crippen LogP contribution in [0.5, 0.6) is 0 Å². The number of hydrogen-bond donors (Lipinski definition) is 0. The highest BCUT2D eigenvalue weighted by Crippen LogP contribution is 2.04. The van der Waals surface area contributed by atoms with Crippen LogP contribution in [0.1, 0.15) is 11.1 Å². The molecule has 13 heavy (non-hydrogen) atoms. The highest BCUT2D eigenvalue weighted by atomic mass is 15.0. The molecule has 1 aromatic carbocycles. The summed E-state index contributed by atoms with van der Waals surface area (Å²) in [7, 11) is 4.14. The standard InChI is InChI=1S/C12H17N/c1-11-6-8-12(9-7-11)5-4-10-13(2)3/h4-9H,10H2,1-3H3. The predicted molar refractivity (Wildman–Crippen MR) is 58.8 cm³/mol. The van der Waals surface area contributed by atoms with E-state index in [2.05, 4.69) is 62.3 Å². The fourth-order valence-electron chi connectivity index (χ4n) is 1.08. The second kappa shape index (κ2) is 4.83. The van der Waals surface area contributed by atoms with Gasteiger partial charge in [-0.1, -0.05) is 42.0 Å². The van der Waals surface area contributed by atoms with E-state index in [0.29, 0.717) is 0 Å². The molecule has 0 aliphatic rings. The number of benzene rings is 1. The molecule has 0 atom stereocenters. The summed E-state index contributed by atoms with van der Waals surface area (Å²) in [5, 5.41) is 0. The molecule has 0 aromatic heterocycles. The highest BCUT2D eigenvalue weighted by molar-refractivity contribution is 5.49. The second-order valence-electron chi connectivity index (χ2n) is 3.58. The molecule has 1 rings (SSSR count). The van der Waals surface area contributed by atoms with E-state index < -0.39 is 0 Å². The third kappa shape index (κ3) is 3.90. The van der Waals surface area contributed by atoms with E-state index in [1.807, 2.05) is 0 Å². The van der Waals surface area contributed by atoms with Crippen LogP contribution < -0.4 is 0 Å². The Hall–Kier alpha value is -1.08. The van der Waals surface area contributed by atoms with Gasteiger partial charge < -0.3 is 4.90 Å². The lowest BCUT2D eigenvalue weighted by atomic mass is 10.1. The van der Waals surface area contributed by atoms with Crippen molar-refractivity contribution in [2.75, 3.05) is 20.6 Å². The minimum atomic E-state index is 0.994. The van der Waals surface area contributed by atoms with Crippen LogP contribution in [0.3, 0.4) is 0 Å². The van der Waals surface area contributed by atoms with E-state index in [0.717, 1.165) is 6.54 Å². The third-order valence-corrected chi connectivity index (χ3v) is 1.86. The quantitative estimate of drug-likeness (QED) is 0.682. The second-order valence-corrected chi connectivity index (χ2v) is 3.58. The number of likely N-dealkylation sites (N-methyl/N-ethyl adjacent to an activating group) is 1. The number of rotatable bonds is 3. The van der Waals surface area contributed by atoms with Gasteiger partial charge in [0.15, 0.2) is 0 Å². The normalized spacial score (nSPS) is 11.4. The van der Waals surface area contributed by atoms with Gasteiger partial charge in [-0.3, -0.25) is 0 Å². The van der Waals surface area contributed by atoms with Crippen LogP contribution in [-0.2, 0) is 0 Å².